The molecule has 0 aromatic carbocycles. The first kappa shape index (κ1) is 17.3. The average molecular weight is 366 g/mol. The molecule has 4 rings (SSSR count). The van der Waals surface area contributed by atoms with E-state index in [1.54, 1.807) is 30.5 Å². The zero-order valence-corrected chi connectivity index (χ0v) is 15.2. The van der Waals surface area contributed by atoms with Gasteiger partial charge in [0.2, 0.25) is 5.91 Å². The van der Waals surface area contributed by atoms with Crippen molar-refractivity contribution in [1.29, 1.82) is 0 Å². The highest BCUT2D eigenvalue weighted by molar-refractivity contribution is 5.88. The molecule has 3 heterocycles. The number of carbonyl (C=O) groups excluding carboxylic acids is 1. The minimum Gasteiger partial charge on any atom is -0.497 e. The Hall–Kier alpha value is -3.09. The summed E-state index contributed by atoms with van der Waals surface area (Å²) in [4.78, 5) is 35.5. The largest absolute Gasteiger partial charge is 0.497 e. The number of H-pyrrole nitrogens is 1. The molecule has 140 valence electrons. The maximum absolute atomic E-state index is 12.6. The van der Waals surface area contributed by atoms with E-state index in [9.17, 15) is 9.59 Å². The van der Waals surface area contributed by atoms with E-state index in [0.717, 1.165) is 24.1 Å². The lowest BCUT2D eigenvalue weighted by molar-refractivity contribution is -0.130. The topological polar surface area (TPSA) is 78.5 Å². The quantitative estimate of drug-likeness (QED) is 0.789. The Labute approximate surface area is 157 Å². The van der Waals surface area contributed by atoms with E-state index in [1.807, 2.05) is 12.1 Å². The molecule has 0 atom stereocenters. The summed E-state index contributed by atoms with van der Waals surface area (Å²) in [6, 6.07) is 6.01. The van der Waals surface area contributed by atoms with Gasteiger partial charge in [-0.1, -0.05) is 6.58 Å². The summed E-state index contributed by atoms with van der Waals surface area (Å²) in [6.07, 6.45) is 6.81. The molecule has 1 saturated heterocycles. The number of likely N-dealkylation sites (tertiary alicyclic amines) is 1. The first-order valence-corrected chi connectivity index (χ1v) is 9.03. The monoisotopic (exact) mass is 366 g/mol. The number of hydrogen-bond acceptors (Lipinski definition) is 5. The molecule has 7 heteroatoms. The zero-order valence-electron chi connectivity index (χ0n) is 15.2. The van der Waals surface area contributed by atoms with Crippen LogP contribution >= 0.6 is 0 Å². The number of nitrogens with zero attached hydrogens (tertiary/aromatic N) is 3. The summed E-state index contributed by atoms with van der Waals surface area (Å²) >= 11 is 0. The first-order chi connectivity index (χ1) is 13.1. The number of methoxy groups -OCH3 is 1. The standard InChI is InChI=1S/C20H22N4O3/c1-3-19(25)23-11-15(12-23)24(14-4-5-14)18-8-13(10-22-20(18)26)17-9-16(27-2)6-7-21-17/h3,6-10,14-15H,1,4-5,11-12H2,2H3,(H,22,26). The fourth-order valence-corrected chi connectivity index (χ4v) is 3.49. The normalized spacial score (nSPS) is 16.6. The summed E-state index contributed by atoms with van der Waals surface area (Å²) in [5.74, 6) is 0.648. The first-order valence-electron chi connectivity index (χ1n) is 9.03. The van der Waals surface area contributed by atoms with Gasteiger partial charge in [-0.25, -0.2) is 0 Å². The molecular weight excluding hydrogens is 344 g/mol. The van der Waals surface area contributed by atoms with Gasteiger partial charge in [-0.15, -0.1) is 0 Å². The van der Waals surface area contributed by atoms with Crippen molar-refractivity contribution in [3.8, 4) is 17.0 Å². The molecule has 27 heavy (non-hydrogen) atoms. The number of hydrogen-bond donors (Lipinski definition) is 1. The highest BCUT2D eigenvalue weighted by Crippen LogP contribution is 2.35. The van der Waals surface area contributed by atoms with E-state index in [0.29, 0.717) is 30.6 Å². The lowest BCUT2D eigenvalue weighted by atomic mass is 10.0. The molecule has 2 aromatic heterocycles. The van der Waals surface area contributed by atoms with Crippen LogP contribution < -0.4 is 15.2 Å². The van der Waals surface area contributed by atoms with Gasteiger partial charge < -0.3 is 19.5 Å². The van der Waals surface area contributed by atoms with Gasteiger partial charge in [0.15, 0.2) is 0 Å². The molecule has 0 unspecified atom stereocenters. The highest BCUT2D eigenvalue weighted by Gasteiger charge is 2.42. The van der Waals surface area contributed by atoms with Gasteiger partial charge in [0.25, 0.3) is 5.56 Å². The van der Waals surface area contributed by atoms with Crippen molar-refractivity contribution < 1.29 is 9.53 Å². The molecule has 0 radical (unpaired) electrons. The van der Waals surface area contributed by atoms with Crippen LogP contribution in [-0.4, -0.2) is 53.1 Å². The van der Waals surface area contributed by atoms with Crippen molar-refractivity contribution in [2.75, 3.05) is 25.1 Å². The second-order valence-corrected chi connectivity index (χ2v) is 6.92. The van der Waals surface area contributed by atoms with Crippen molar-refractivity contribution in [2.24, 2.45) is 0 Å². The van der Waals surface area contributed by atoms with Crippen LogP contribution in [0.1, 0.15) is 12.8 Å². The van der Waals surface area contributed by atoms with E-state index >= 15 is 0 Å². The molecule has 1 amide bonds. The van der Waals surface area contributed by atoms with Gasteiger partial charge >= 0.3 is 0 Å². The summed E-state index contributed by atoms with van der Waals surface area (Å²) < 4.78 is 5.27. The van der Waals surface area contributed by atoms with Crippen LogP contribution in [0.5, 0.6) is 5.75 Å². The maximum Gasteiger partial charge on any atom is 0.271 e. The number of pyridine rings is 2. The fourth-order valence-electron chi connectivity index (χ4n) is 3.49. The van der Waals surface area contributed by atoms with Gasteiger partial charge in [0, 0.05) is 43.2 Å². The van der Waals surface area contributed by atoms with Gasteiger partial charge in [0.1, 0.15) is 11.4 Å². The van der Waals surface area contributed by atoms with Crippen molar-refractivity contribution in [2.45, 2.75) is 24.9 Å². The fraction of sp³-hybridized carbons (Fsp3) is 0.350. The van der Waals surface area contributed by atoms with E-state index < -0.39 is 0 Å². The molecule has 1 N–H and O–H groups in total. The maximum atomic E-state index is 12.6. The van der Waals surface area contributed by atoms with E-state index in [1.165, 1.54) is 6.08 Å². The molecule has 1 saturated carbocycles. The number of amides is 1. The number of rotatable bonds is 6. The number of ether oxygens (including phenoxy) is 1. The van der Waals surface area contributed by atoms with E-state index in [4.69, 9.17) is 4.74 Å². The molecule has 7 nitrogen and oxygen atoms in total. The van der Waals surface area contributed by atoms with Gasteiger partial charge in [-0.3, -0.25) is 14.6 Å². The Morgan fingerprint density at radius 3 is 2.81 bits per heavy atom. The minimum absolute atomic E-state index is 0.0646. The average Bonchev–Trinajstić information content (AvgIpc) is 3.49. The minimum atomic E-state index is -0.123. The molecule has 2 aromatic rings. The SMILES string of the molecule is C=CC(=O)N1CC(N(c2cc(-c3cc(OC)ccn3)c[nH]c2=O)C2CC2)C1. The van der Waals surface area contributed by atoms with Crippen LogP contribution in [0.15, 0.2) is 48.0 Å². The van der Waals surface area contributed by atoms with E-state index in [-0.39, 0.29) is 17.5 Å². The molecule has 1 aliphatic carbocycles. The highest BCUT2D eigenvalue weighted by atomic mass is 16.5. The number of aromatic amines is 1. The van der Waals surface area contributed by atoms with Crippen molar-refractivity contribution in [3.05, 3.63) is 53.6 Å². The van der Waals surface area contributed by atoms with Crippen LogP contribution in [0.2, 0.25) is 0 Å². The van der Waals surface area contributed by atoms with Gasteiger partial charge in [-0.2, -0.15) is 0 Å². The molecule has 2 fully saturated rings. The Kier molecular flexibility index (Phi) is 4.43. The Balaban J connectivity index is 1.64. The van der Waals surface area contributed by atoms with Crippen LogP contribution in [0.4, 0.5) is 5.69 Å². The van der Waals surface area contributed by atoms with Crippen LogP contribution in [0.25, 0.3) is 11.3 Å². The third-order valence-electron chi connectivity index (χ3n) is 5.11. The number of nitrogens with one attached hydrogen (secondary N) is 1. The Bertz CT molecular complexity index is 929. The van der Waals surface area contributed by atoms with Gasteiger partial charge in [0.05, 0.1) is 18.8 Å². The van der Waals surface area contributed by atoms with Crippen LogP contribution in [-0.2, 0) is 4.79 Å². The van der Waals surface area contributed by atoms with Crippen LogP contribution in [0, 0.1) is 0 Å². The van der Waals surface area contributed by atoms with Gasteiger partial charge in [-0.05, 0) is 31.1 Å². The predicted octanol–water partition coefficient (Wildman–Crippen LogP) is 1.81. The summed E-state index contributed by atoms with van der Waals surface area (Å²) in [6.45, 7) is 4.76. The summed E-state index contributed by atoms with van der Waals surface area (Å²) in [7, 11) is 1.61. The zero-order chi connectivity index (χ0) is 19.0. The smallest absolute Gasteiger partial charge is 0.271 e. The molecular formula is C20H22N4O3. The Morgan fingerprint density at radius 1 is 1.37 bits per heavy atom. The molecule has 2 aliphatic rings. The Morgan fingerprint density at radius 2 is 2.15 bits per heavy atom. The van der Waals surface area contributed by atoms with Crippen molar-refractivity contribution in [1.82, 2.24) is 14.9 Å². The third kappa shape index (κ3) is 3.32. The molecule has 1 aliphatic heterocycles. The van der Waals surface area contributed by atoms with Crippen molar-refractivity contribution in [3.63, 3.8) is 0 Å². The van der Waals surface area contributed by atoms with Crippen LogP contribution in [0.3, 0.4) is 0 Å². The predicted molar refractivity (Wildman–Crippen MR) is 103 cm³/mol. The van der Waals surface area contributed by atoms with E-state index in [2.05, 4.69) is 21.4 Å². The number of carbonyl (C=O) groups is 1. The lowest BCUT2D eigenvalue weighted by Gasteiger charge is -2.46. The molecule has 0 bridgehead atoms. The number of anilines is 1. The van der Waals surface area contributed by atoms with Crippen molar-refractivity contribution >= 4 is 11.6 Å². The second-order valence-electron chi connectivity index (χ2n) is 6.92. The lowest BCUT2D eigenvalue weighted by Crippen LogP contribution is -2.62. The number of aromatic nitrogens is 2. The summed E-state index contributed by atoms with van der Waals surface area (Å²) in [5, 5.41) is 0. The third-order valence-corrected chi connectivity index (χ3v) is 5.11. The second kappa shape index (κ2) is 6.90. The molecule has 0 spiro atoms. The summed E-state index contributed by atoms with van der Waals surface area (Å²) in [5.41, 5.74) is 2.07.